The largest absolute Gasteiger partial charge is 0.455 e. The Labute approximate surface area is 250 Å². The monoisotopic (exact) mass is 554 g/mol. The van der Waals surface area contributed by atoms with Crippen molar-refractivity contribution in [3.8, 4) is 11.1 Å². The lowest BCUT2D eigenvalue weighted by molar-refractivity contribution is 0.670. The highest BCUT2D eigenvalue weighted by molar-refractivity contribution is 6.10. The van der Waals surface area contributed by atoms with Gasteiger partial charge in [0.15, 0.2) is 0 Å². The van der Waals surface area contributed by atoms with Crippen molar-refractivity contribution in [1.82, 2.24) is 9.97 Å². The Bertz CT molecular complexity index is 2280. The summed E-state index contributed by atoms with van der Waals surface area (Å²) >= 11 is 0. The van der Waals surface area contributed by atoms with Gasteiger partial charge in [-0.3, -0.25) is 4.98 Å². The first-order valence-electron chi connectivity index (χ1n) is 14.9. The molecule has 2 aromatic heterocycles. The summed E-state index contributed by atoms with van der Waals surface area (Å²) in [6.45, 7) is 2.16. The summed E-state index contributed by atoms with van der Waals surface area (Å²) in [5.41, 5.74) is 12.2. The fourth-order valence-corrected chi connectivity index (χ4v) is 6.42. The number of hydrogen-bond acceptors (Lipinski definition) is 3. The van der Waals surface area contributed by atoms with Crippen molar-refractivity contribution in [2.45, 2.75) is 26.2 Å². The molecule has 0 saturated carbocycles. The molecule has 1 aliphatic carbocycles. The Hall–Kier alpha value is -5.28. The van der Waals surface area contributed by atoms with Crippen molar-refractivity contribution >= 4 is 55.4 Å². The minimum absolute atomic E-state index is 0.734. The fraction of sp³-hybridized carbons (Fsp3) is 0.100. The second-order valence-electron chi connectivity index (χ2n) is 11.3. The lowest BCUT2D eigenvalue weighted by atomic mass is 9.90. The first kappa shape index (κ1) is 25.4. The van der Waals surface area contributed by atoms with E-state index in [0.29, 0.717) is 0 Å². The molecule has 0 radical (unpaired) electrons. The topological polar surface area (TPSA) is 38.9 Å². The van der Waals surface area contributed by atoms with Crippen LogP contribution in [-0.4, -0.2) is 9.97 Å². The van der Waals surface area contributed by atoms with Gasteiger partial charge in [0.2, 0.25) is 0 Å². The SMILES string of the molecule is CC(=CC=CCc1cnc2c(n1)c1c(c3ccccc32)C=CCC1)c1cccc(-c2cccc3c2oc2ccccc23)c1. The number of benzene rings is 5. The maximum Gasteiger partial charge on any atom is 0.143 e. The van der Waals surface area contributed by atoms with Crippen LogP contribution in [0.4, 0.5) is 0 Å². The van der Waals surface area contributed by atoms with Crippen molar-refractivity contribution in [1.29, 1.82) is 0 Å². The van der Waals surface area contributed by atoms with Gasteiger partial charge < -0.3 is 4.42 Å². The highest BCUT2D eigenvalue weighted by Crippen LogP contribution is 2.37. The van der Waals surface area contributed by atoms with Crippen LogP contribution >= 0.6 is 0 Å². The Morgan fingerprint density at radius 3 is 2.58 bits per heavy atom. The Morgan fingerprint density at radius 2 is 1.65 bits per heavy atom. The molecule has 3 nitrogen and oxygen atoms in total. The molecular formula is C40H30N2O. The van der Waals surface area contributed by atoms with Gasteiger partial charge in [-0.05, 0) is 65.1 Å². The summed E-state index contributed by atoms with van der Waals surface area (Å²) in [6, 6.07) is 31.9. The van der Waals surface area contributed by atoms with Gasteiger partial charge in [-0.1, -0.05) is 109 Å². The number of aryl methyl sites for hydroxylation is 1. The molecule has 0 bridgehead atoms. The van der Waals surface area contributed by atoms with Crippen molar-refractivity contribution in [3.63, 3.8) is 0 Å². The van der Waals surface area contributed by atoms with E-state index < -0.39 is 0 Å². The second-order valence-corrected chi connectivity index (χ2v) is 11.3. The van der Waals surface area contributed by atoms with Crippen molar-refractivity contribution < 1.29 is 4.42 Å². The zero-order valence-electron chi connectivity index (χ0n) is 24.0. The minimum atomic E-state index is 0.734. The molecule has 2 heterocycles. The quantitative estimate of drug-likeness (QED) is 0.157. The van der Waals surface area contributed by atoms with E-state index in [4.69, 9.17) is 14.4 Å². The predicted octanol–water partition coefficient (Wildman–Crippen LogP) is 10.5. The van der Waals surface area contributed by atoms with Gasteiger partial charge in [0.05, 0.1) is 16.7 Å². The molecule has 8 rings (SSSR count). The average molecular weight is 555 g/mol. The predicted molar refractivity (Wildman–Crippen MR) is 180 cm³/mol. The Kier molecular flexibility index (Phi) is 6.22. The van der Waals surface area contributed by atoms with Crippen LogP contribution in [0.3, 0.4) is 0 Å². The van der Waals surface area contributed by atoms with Crippen molar-refractivity contribution in [2.24, 2.45) is 0 Å². The molecule has 0 aliphatic heterocycles. The molecule has 206 valence electrons. The number of hydrogen-bond donors (Lipinski definition) is 0. The van der Waals surface area contributed by atoms with Gasteiger partial charge in [0.1, 0.15) is 11.2 Å². The highest BCUT2D eigenvalue weighted by atomic mass is 16.3. The summed E-state index contributed by atoms with van der Waals surface area (Å²) in [6.07, 6.45) is 15.7. The lowest BCUT2D eigenvalue weighted by Gasteiger charge is -2.17. The number of nitrogens with zero attached hydrogens (tertiary/aromatic N) is 2. The van der Waals surface area contributed by atoms with E-state index in [0.717, 1.165) is 69.1 Å². The van der Waals surface area contributed by atoms with Gasteiger partial charge in [-0.15, -0.1) is 0 Å². The van der Waals surface area contributed by atoms with E-state index in [1.807, 2.05) is 18.3 Å². The van der Waals surface area contributed by atoms with E-state index >= 15 is 0 Å². The number of fused-ring (bicyclic) bond motifs is 9. The summed E-state index contributed by atoms with van der Waals surface area (Å²) in [7, 11) is 0. The number of aromatic nitrogens is 2. The van der Waals surface area contributed by atoms with Crippen molar-refractivity contribution in [2.75, 3.05) is 0 Å². The number of furan rings is 1. The van der Waals surface area contributed by atoms with Crippen LogP contribution in [-0.2, 0) is 12.8 Å². The molecule has 0 N–H and O–H groups in total. The van der Waals surface area contributed by atoms with E-state index in [-0.39, 0.29) is 0 Å². The van der Waals surface area contributed by atoms with Crippen LogP contribution in [0, 0.1) is 0 Å². The van der Waals surface area contributed by atoms with E-state index in [1.165, 1.54) is 33.0 Å². The Balaban J connectivity index is 1.07. The van der Waals surface area contributed by atoms with Gasteiger partial charge >= 0.3 is 0 Å². The lowest BCUT2D eigenvalue weighted by Crippen LogP contribution is -2.02. The van der Waals surface area contributed by atoms with E-state index in [2.05, 4.69) is 116 Å². The molecule has 0 fully saturated rings. The molecule has 0 amide bonds. The van der Waals surface area contributed by atoms with Crippen molar-refractivity contribution in [3.05, 3.63) is 144 Å². The highest BCUT2D eigenvalue weighted by Gasteiger charge is 2.17. The summed E-state index contributed by atoms with van der Waals surface area (Å²) in [4.78, 5) is 10.0. The normalized spacial score (nSPS) is 13.6. The average Bonchev–Trinajstić information content (AvgIpc) is 3.46. The third kappa shape index (κ3) is 4.45. The third-order valence-corrected chi connectivity index (χ3v) is 8.59. The van der Waals surface area contributed by atoms with Crippen LogP contribution in [0.2, 0.25) is 0 Å². The van der Waals surface area contributed by atoms with Crippen LogP contribution < -0.4 is 0 Å². The molecule has 3 heteroatoms. The standard InChI is InChI=1S/C40H30N2O/c1-26(27-13-10-14-28(24-27)30-21-11-22-36-33-18-8-9-23-37(33)43-40(30)36)12-2-3-15-29-25-41-38-34-19-6-4-16-31(34)32-17-5-7-20-35(32)39(38)42-29/h2-6,8-14,16-19,21-25H,7,15,20H2,1H3. The zero-order valence-corrected chi connectivity index (χ0v) is 24.0. The number of allylic oxidation sites excluding steroid dienone is 5. The fourth-order valence-electron chi connectivity index (χ4n) is 6.42. The molecule has 0 spiro atoms. The zero-order chi connectivity index (χ0) is 28.8. The smallest absolute Gasteiger partial charge is 0.143 e. The van der Waals surface area contributed by atoms with Crippen LogP contribution in [0.1, 0.15) is 35.7 Å². The molecular weight excluding hydrogens is 524 g/mol. The van der Waals surface area contributed by atoms with Gasteiger partial charge in [0.25, 0.3) is 0 Å². The first-order chi connectivity index (χ1) is 21.2. The van der Waals surface area contributed by atoms with Gasteiger partial charge in [-0.2, -0.15) is 0 Å². The minimum Gasteiger partial charge on any atom is -0.455 e. The molecule has 7 aromatic rings. The molecule has 5 aromatic carbocycles. The third-order valence-electron chi connectivity index (χ3n) is 8.59. The molecule has 0 unspecified atom stereocenters. The van der Waals surface area contributed by atoms with Gasteiger partial charge in [0, 0.05) is 34.3 Å². The molecule has 0 atom stereocenters. The maximum atomic E-state index is 6.30. The van der Waals surface area contributed by atoms with Crippen LogP contribution in [0.25, 0.3) is 66.5 Å². The Morgan fingerprint density at radius 1 is 0.837 bits per heavy atom. The van der Waals surface area contributed by atoms with Crippen LogP contribution in [0.5, 0.6) is 0 Å². The summed E-state index contributed by atoms with van der Waals surface area (Å²) in [5, 5.41) is 4.74. The maximum absolute atomic E-state index is 6.30. The first-order valence-corrected chi connectivity index (χ1v) is 14.9. The molecule has 1 aliphatic rings. The second kappa shape index (κ2) is 10.5. The van der Waals surface area contributed by atoms with Gasteiger partial charge in [-0.25, -0.2) is 4.98 Å². The molecule has 0 saturated heterocycles. The molecule has 43 heavy (non-hydrogen) atoms. The van der Waals surface area contributed by atoms with E-state index in [1.54, 1.807) is 0 Å². The van der Waals surface area contributed by atoms with E-state index in [9.17, 15) is 0 Å². The summed E-state index contributed by atoms with van der Waals surface area (Å²) < 4.78 is 6.30. The van der Waals surface area contributed by atoms with Crippen LogP contribution in [0.15, 0.2) is 126 Å². The number of rotatable bonds is 5. The number of para-hydroxylation sites is 2. The summed E-state index contributed by atoms with van der Waals surface area (Å²) in [5.74, 6) is 0.